The number of aryl methyl sites for hydroxylation is 1. The zero-order valence-corrected chi connectivity index (χ0v) is 18.5. The first kappa shape index (κ1) is 23.2. The molecule has 0 radical (unpaired) electrons. The molecule has 0 aromatic carbocycles. The maximum Gasteiger partial charge on any atom is 0.139 e. The second kappa shape index (κ2) is 8.92. The summed E-state index contributed by atoms with van der Waals surface area (Å²) in [7, 11) is 0. The van der Waals surface area contributed by atoms with Crippen molar-refractivity contribution in [1.29, 1.82) is 0 Å². The molecule has 27 heavy (non-hydrogen) atoms. The lowest BCUT2D eigenvalue weighted by Crippen LogP contribution is -2.17. The molecule has 4 heteroatoms. The monoisotopic (exact) mass is 375 g/mol. The summed E-state index contributed by atoms with van der Waals surface area (Å²) in [5.74, 6) is 0.999. The average Bonchev–Trinajstić information content (AvgIpc) is 2.84. The Morgan fingerprint density at radius 2 is 1.70 bits per heavy atom. The minimum atomic E-state index is -0.673. The molecule has 2 rings (SSSR count). The first-order valence-corrected chi connectivity index (χ1v) is 9.85. The third-order valence-electron chi connectivity index (χ3n) is 4.50. The highest BCUT2D eigenvalue weighted by Crippen LogP contribution is 2.40. The second-order valence-corrected chi connectivity index (χ2v) is 8.96. The fourth-order valence-corrected chi connectivity index (χ4v) is 3.07. The summed E-state index contributed by atoms with van der Waals surface area (Å²) in [4.78, 5) is 0. The van der Waals surface area contributed by atoms with Gasteiger partial charge in [-0.1, -0.05) is 72.7 Å². The SMILES string of the molecule is CC.Cc1cc(CC(O)C2=CC(C(C)(C)C)=C(O)C(C(C)(C)C)=CC2)on1. The van der Waals surface area contributed by atoms with E-state index < -0.39 is 6.10 Å². The number of allylic oxidation sites excluding steroid dienone is 4. The highest BCUT2D eigenvalue weighted by molar-refractivity contribution is 5.46. The number of aromatic nitrogens is 1. The molecule has 0 aliphatic heterocycles. The van der Waals surface area contributed by atoms with Gasteiger partial charge in [0, 0.05) is 12.5 Å². The van der Waals surface area contributed by atoms with Crippen LogP contribution in [0.2, 0.25) is 0 Å². The Balaban J connectivity index is 0.00000176. The Labute approximate surface area is 164 Å². The van der Waals surface area contributed by atoms with Crippen LogP contribution >= 0.6 is 0 Å². The van der Waals surface area contributed by atoms with Crippen molar-refractivity contribution in [3.05, 3.63) is 52.2 Å². The van der Waals surface area contributed by atoms with Crippen molar-refractivity contribution in [1.82, 2.24) is 5.16 Å². The van der Waals surface area contributed by atoms with Crippen molar-refractivity contribution in [2.24, 2.45) is 10.8 Å². The minimum Gasteiger partial charge on any atom is -0.507 e. The molecule has 0 spiro atoms. The van der Waals surface area contributed by atoms with Crippen molar-refractivity contribution in [2.75, 3.05) is 0 Å². The lowest BCUT2D eigenvalue weighted by Gasteiger charge is -2.27. The third-order valence-corrected chi connectivity index (χ3v) is 4.50. The van der Waals surface area contributed by atoms with Gasteiger partial charge in [0.1, 0.15) is 11.5 Å². The van der Waals surface area contributed by atoms with Crippen molar-refractivity contribution in [2.45, 2.75) is 81.3 Å². The topological polar surface area (TPSA) is 66.5 Å². The zero-order chi connectivity index (χ0) is 21.0. The molecule has 1 aliphatic carbocycles. The number of rotatable bonds is 3. The fourth-order valence-electron chi connectivity index (χ4n) is 3.07. The van der Waals surface area contributed by atoms with E-state index >= 15 is 0 Å². The number of nitrogens with zero attached hydrogens (tertiary/aromatic N) is 1. The highest BCUT2D eigenvalue weighted by Gasteiger charge is 2.30. The summed E-state index contributed by atoms with van der Waals surface area (Å²) in [6.07, 6.45) is 4.30. The highest BCUT2D eigenvalue weighted by atomic mass is 16.5. The molecule has 0 bridgehead atoms. The Hall–Kier alpha value is -1.81. The molecule has 1 atom stereocenters. The molecule has 0 fully saturated rings. The van der Waals surface area contributed by atoms with E-state index in [1.165, 1.54) is 0 Å². The molecule has 1 aromatic rings. The van der Waals surface area contributed by atoms with Crippen molar-refractivity contribution in [3.63, 3.8) is 0 Å². The van der Waals surface area contributed by atoms with Gasteiger partial charge in [-0.2, -0.15) is 0 Å². The van der Waals surface area contributed by atoms with E-state index in [1.54, 1.807) is 0 Å². The van der Waals surface area contributed by atoms with Gasteiger partial charge in [-0.25, -0.2) is 0 Å². The fraction of sp³-hybridized carbons (Fsp3) is 0.609. The first-order chi connectivity index (χ1) is 12.4. The van der Waals surface area contributed by atoms with Gasteiger partial charge in [0.05, 0.1) is 11.8 Å². The number of aliphatic hydroxyl groups is 2. The van der Waals surface area contributed by atoms with E-state index in [9.17, 15) is 10.2 Å². The van der Waals surface area contributed by atoms with Gasteiger partial charge in [0.15, 0.2) is 0 Å². The summed E-state index contributed by atoms with van der Waals surface area (Å²) in [5.41, 5.74) is 3.06. The lowest BCUT2D eigenvalue weighted by atomic mass is 9.79. The average molecular weight is 376 g/mol. The predicted octanol–water partition coefficient (Wildman–Crippen LogP) is 6.07. The normalized spacial score (nSPS) is 16.8. The maximum absolute atomic E-state index is 10.9. The maximum atomic E-state index is 10.9. The van der Waals surface area contributed by atoms with E-state index in [0.717, 1.165) is 22.4 Å². The van der Waals surface area contributed by atoms with Gasteiger partial charge in [-0.3, -0.25) is 0 Å². The van der Waals surface area contributed by atoms with Gasteiger partial charge >= 0.3 is 0 Å². The quantitative estimate of drug-likeness (QED) is 0.672. The van der Waals surface area contributed by atoms with Gasteiger partial charge in [-0.05, 0) is 40.9 Å². The Morgan fingerprint density at radius 1 is 1.11 bits per heavy atom. The Bertz CT molecular complexity index is 722. The van der Waals surface area contributed by atoms with E-state index in [2.05, 4.69) is 46.7 Å². The van der Waals surface area contributed by atoms with Crippen molar-refractivity contribution >= 4 is 0 Å². The van der Waals surface area contributed by atoms with E-state index in [0.29, 0.717) is 24.4 Å². The van der Waals surface area contributed by atoms with Crippen molar-refractivity contribution < 1.29 is 14.7 Å². The molecular weight excluding hydrogens is 338 g/mol. The molecule has 0 saturated carbocycles. The standard InChI is InChI=1S/C21H31NO3.C2H6/c1-13-10-15(25-22-13)12-18(23)14-8-9-16(20(2,3)4)19(24)17(11-14)21(5,6)7;1-2/h9-11,18,23-24H,8,12H2,1-7H3;1-2H3. The van der Waals surface area contributed by atoms with Crippen LogP contribution in [0.1, 0.15) is 73.3 Å². The van der Waals surface area contributed by atoms with Gasteiger partial charge < -0.3 is 14.7 Å². The van der Waals surface area contributed by atoms with Crippen molar-refractivity contribution in [3.8, 4) is 0 Å². The number of hydrogen-bond donors (Lipinski definition) is 2. The van der Waals surface area contributed by atoms with Crippen LogP contribution in [0.15, 0.2) is 45.2 Å². The lowest BCUT2D eigenvalue weighted by molar-refractivity contribution is 0.195. The van der Waals surface area contributed by atoms with E-state index in [-0.39, 0.29) is 10.8 Å². The molecule has 1 unspecified atom stereocenters. The molecule has 1 aromatic heterocycles. The largest absolute Gasteiger partial charge is 0.507 e. The molecule has 2 N–H and O–H groups in total. The third kappa shape index (κ3) is 6.10. The first-order valence-electron chi connectivity index (χ1n) is 9.85. The summed E-state index contributed by atoms with van der Waals surface area (Å²) in [5, 5.41) is 25.5. The van der Waals surface area contributed by atoms with Crippen LogP contribution in [0, 0.1) is 17.8 Å². The Kier molecular flexibility index (Phi) is 7.67. The Morgan fingerprint density at radius 3 is 2.15 bits per heavy atom. The van der Waals surface area contributed by atoms with Gasteiger partial charge in [0.2, 0.25) is 0 Å². The van der Waals surface area contributed by atoms with Crippen LogP contribution in [0.5, 0.6) is 0 Å². The van der Waals surface area contributed by atoms with Crippen LogP contribution in [-0.2, 0) is 6.42 Å². The molecule has 0 amide bonds. The molecule has 1 aliphatic rings. The smallest absolute Gasteiger partial charge is 0.139 e. The summed E-state index contributed by atoms with van der Waals surface area (Å²) in [6.45, 7) is 18.4. The zero-order valence-electron chi connectivity index (χ0n) is 18.5. The van der Waals surface area contributed by atoms with Crippen LogP contribution in [-0.4, -0.2) is 21.5 Å². The van der Waals surface area contributed by atoms with E-state index in [1.807, 2.05) is 39.0 Å². The predicted molar refractivity (Wildman–Crippen MR) is 112 cm³/mol. The molecule has 4 nitrogen and oxygen atoms in total. The summed E-state index contributed by atoms with van der Waals surface area (Å²) >= 11 is 0. The van der Waals surface area contributed by atoms with Crippen LogP contribution in [0.4, 0.5) is 0 Å². The molecule has 0 saturated heterocycles. The minimum absolute atomic E-state index is 0.170. The van der Waals surface area contributed by atoms with Crippen LogP contribution in [0.25, 0.3) is 0 Å². The van der Waals surface area contributed by atoms with Gasteiger partial charge in [0.25, 0.3) is 0 Å². The molecule has 1 heterocycles. The number of aliphatic hydroxyl groups excluding tert-OH is 2. The summed E-state index contributed by atoms with van der Waals surface area (Å²) < 4.78 is 5.23. The molecule has 152 valence electrons. The van der Waals surface area contributed by atoms with E-state index in [4.69, 9.17) is 4.52 Å². The van der Waals surface area contributed by atoms with Crippen LogP contribution < -0.4 is 0 Å². The summed E-state index contributed by atoms with van der Waals surface area (Å²) in [6, 6.07) is 1.84. The van der Waals surface area contributed by atoms with Gasteiger partial charge in [-0.15, -0.1) is 0 Å². The van der Waals surface area contributed by atoms with Crippen LogP contribution in [0.3, 0.4) is 0 Å². The second-order valence-electron chi connectivity index (χ2n) is 8.96. The molecular formula is C23H37NO3. The number of hydrogen-bond acceptors (Lipinski definition) is 4.